The van der Waals surface area contributed by atoms with Crippen molar-refractivity contribution in [2.24, 2.45) is 0 Å². The minimum Gasteiger partial charge on any atom is -0.458 e. The molecule has 0 saturated carbocycles. The van der Waals surface area contributed by atoms with Crippen LogP contribution in [0.2, 0.25) is 0 Å². The van der Waals surface area contributed by atoms with Crippen molar-refractivity contribution in [2.75, 3.05) is 6.61 Å². The van der Waals surface area contributed by atoms with Gasteiger partial charge >= 0.3 is 5.97 Å². The number of rotatable bonds is 7. The summed E-state index contributed by atoms with van der Waals surface area (Å²) in [6, 6.07) is 3.66. The van der Waals surface area contributed by atoms with Gasteiger partial charge in [0.25, 0.3) is 5.69 Å². The molecule has 0 bridgehead atoms. The number of ether oxygens (including phenoxy) is 1. The standard InChI is InChI=1S/C18H17ClFNO5/c1-2-8-26-18(23)11-6-7-15(21(24)25)12(9-11)10-16(22)17-13(19)4-3-5-14(17)20/h2,4,6-7,9,16,22H,1,3,5,8,10H2. The summed E-state index contributed by atoms with van der Waals surface area (Å²) >= 11 is 5.97. The van der Waals surface area contributed by atoms with Crippen molar-refractivity contribution < 1.29 is 24.0 Å². The van der Waals surface area contributed by atoms with Gasteiger partial charge in [-0.15, -0.1) is 0 Å². The van der Waals surface area contributed by atoms with E-state index in [2.05, 4.69) is 6.58 Å². The Morgan fingerprint density at radius 3 is 2.88 bits per heavy atom. The Bertz CT molecular complexity index is 803. The number of halogens is 2. The molecule has 0 spiro atoms. The lowest BCUT2D eigenvalue weighted by Crippen LogP contribution is -2.18. The van der Waals surface area contributed by atoms with E-state index in [4.69, 9.17) is 16.3 Å². The summed E-state index contributed by atoms with van der Waals surface area (Å²) in [4.78, 5) is 22.5. The van der Waals surface area contributed by atoms with Crippen LogP contribution in [0.3, 0.4) is 0 Å². The highest BCUT2D eigenvalue weighted by molar-refractivity contribution is 6.32. The van der Waals surface area contributed by atoms with Crippen LogP contribution >= 0.6 is 11.6 Å². The lowest BCUT2D eigenvalue weighted by molar-refractivity contribution is -0.385. The first-order valence-corrected chi connectivity index (χ1v) is 8.21. The quantitative estimate of drug-likeness (QED) is 0.334. The van der Waals surface area contributed by atoms with E-state index < -0.39 is 22.8 Å². The third-order valence-electron chi connectivity index (χ3n) is 3.83. The molecule has 2 rings (SSSR count). The van der Waals surface area contributed by atoms with Crippen LogP contribution in [0.4, 0.5) is 10.1 Å². The Labute approximate surface area is 154 Å². The minimum atomic E-state index is -1.38. The molecule has 26 heavy (non-hydrogen) atoms. The van der Waals surface area contributed by atoms with Crippen molar-refractivity contribution in [1.82, 2.24) is 0 Å². The second-order valence-corrected chi connectivity index (χ2v) is 6.02. The fourth-order valence-electron chi connectivity index (χ4n) is 2.62. The molecule has 1 unspecified atom stereocenters. The number of carbonyl (C=O) groups excluding carboxylic acids is 1. The number of allylic oxidation sites excluding steroid dienone is 2. The van der Waals surface area contributed by atoms with Gasteiger partial charge in [0, 0.05) is 35.1 Å². The average Bonchev–Trinajstić information content (AvgIpc) is 2.59. The van der Waals surface area contributed by atoms with Crippen molar-refractivity contribution in [2.45, 2.75) is 25.4 Å². The predicted molar refractivity (Wildman–Crippen MR) is 94.6 cm³/mol. The first-order chi connectivity index (χ1) is 12.3. The summed E-state index contributed by atoms with van der Waals surface area (Å²) in [6.45, 7) is 3.42. The van der Waals surface area contributed by atoms with E-state index in [9.17, 15) is 24.4 Å². The molecule has 0 heterocycles. The topological polar surface area (TPSA) is 89.7 Å². The summed E-state index contributed by atoms with van der Waals surface area (Å²) in [6.07, 6.45) is 1.86. The Morgan fingerprint density at radius 2 is 2.27 bits per heavy atom. The molecule has 8 heteroatoms. The van der Waals surface area contributed by atoms with Gasteiger partial charge in [0.2, 0.25) is 0 Å². The SMILES string of the molecule is C=CCOC(=O)c1ccc([N+](=O)[O-])c(CC(O)C2=C(F)CCC=C2Cl)c1. The maximum absolute atomic E-state index is 14.0. The van der Waals surface area contributed by atoms with Crippen LogP contribution in [-0.2, 0) is 11.2 Å². The molecule has 0 radical (unpaired) electrons. The van der Waals surface area contributed by atoms with Crippen LogP contribution in [-0.4, -0.2) is 28.7 Å². The molecule has 0 aromatic heterocycles. The van der Waals surface area contributed by atoms with Crippen LogP contribution in [0, 0.1) is 10.1 Å². The zero-order chi connectivity index (χ0) is 19.3. The zero-order valence-electron chi connectivity index (χ0n) is 13.8. The van der Waals surface area contributed by atoms with Gasteiger partial charge in [-0.25, -0.2) is 9.18 Å². The first kappa shape index (κ1) is 19.8. The molecule has 1 atom stereocenters. The average molecular weight is 382 g/mol. The van der Waals surface area contributed by atoms with Crippen molar-refractivity contribution in [3.05, 3.63) is 74.6 Å². The second-order valence-electron chi connectivity index (χ2n) is 5.62. The molecule has 1 aliphatic rings. The number of hydrogen-bond acceptors (Lipinski definition) is 5. The number of nitrogens with zero attached hydrogens (tertiary/aromatic N) is 1. The summed E-state index contributed by atoms with van der Waals surface area (Å²) in [5.74, 6) is -1.23. The van der Waals surface area contributed by atoms with E-state index >= 15 is 0 Å². The zero-order valence-corrected chi connectivity index (χ0v) is 14.5. The molecule has 0 saturated heterocycles. The van der Waals surface area contributed by atoms with Crippen molar-refractivity contribution in [3.63, 3.8) is 0 Å². The molecular weight excluding hydrogens is 365 g/mol. The number of nitro benzene ring substituents is 1. The Morgan fingerprint density at radius 1 is 1.54 bits per heavy atom. The molecule has 1 aliphatic carbocycles. The summed E-state index contributed by atoms with van der Waals surface area (Å²) in [5.41, 5.74) is -0.210. The molecule has 1 N–H and O–H groups in total. The predicted octanol–water partition coefficient (Wildman–Crippen LogP) is 3.98. The van der Waals surface area contributed by atoms with Crippen LogP contribution < -0.4 is 0 Å². The van der Waals surface area contributed by atoms with Crippen LogP contribution in [0.15, 0.2) is 53.4 Å². The highest BCUT2D eigenvalue weighted by Gasteiger charge is 2.26. The van der Waals surface area contributed by atoms with Crippen molar-refractivity contribution in [1.29, 1.82) is 0 Å². The first-order valence-electron chi connectivity index (χ1n) is 7.83. The van der Waals surface area contributed by atoms with Gasteiger partial charge in [-0.2, -0.15) is 0 Å². The van der Waals surface area contributed by atoms with E-state index in [0.29, 0.717) is 6.42 Å². The highest BCUT2D eigenvalue weighted by Crippen LogP contribution is 2.33. The largest absolute Gasteiger partial charge is 0.458 e. The molecule has 0 aliphatic heterocycles. The van der Waals surface area contributed by atoms with E-state index in [0.717, 1.165) is 6.07 Å². The van der Waals surface area contributed by atoms with E-state index in [1.807, 2.05) is 0 Å². The number of aliphatic hydroxyl groups excluding tert-OH is 1. The molecule has 0 fully saturated rings. The summed E-state index contributed by atoms with van der Waals surface area (Å²) in [5, 5.41) is 21.7. The number of carbonyl (C=O) groups is 1. The minimum absolute atomic E-state index is 0.00766. The van der Waals surface area contributed by atoms with Gasteiger partial charge in [0.05, 0.1) is 16.6 Å². The molecule has 0 amide bonds. The maximum atomic E-state index is 14.0. The Balaban J connectivity index is 2.34. The molecule has 138 valence electrons. The van der Waals surface area contributed by atoms with Crippen LogP contribution in [0.5, 0.6) is 0 Å². The third-order valence-corrected chi connectivity index (χ3v) is 4.19. The van der Waals surface area contributed by atoms with E-state index in [1.54, 1.807) is 6.08 Å². The van der Waals surface area contributed by atoms with Gasteiger partial charge in [-0.3, -0.25) is 10.1 Å². The maximum Gasteiger partial charge on any atom is 0.338 e. The summed E-state index contributed by atoms with van der Waals surface area (Å²) < 4.78 is 18.9. The fraction of sp³-hybridized carbons (Fsp3) is 0.278. The van der Waals surface area contributed by atoms with Gasteiger partial charge in [0.15, 0.2) is 0 Å². The van der Waals surface area contributed by atoms with Gasteiger partial charge in [-0.1, -0.05) is 30.3 Å². The molecule has 1 aromatic carbocycles. The second kappa shape index (κ2) is 8.73. The van der Waals surface area contributed by atoms with E-state index in [-0.39, 0.29) is 46.9 Å². The Kier molecular flexibility index (Phi) is 6.65. The number of hydrogen-bond donors (Lipinski definition) is 1. The summed E-state index contributed by atoms with van der Waals surface area (Å²) in [7, 11) is 0. The highest BCUT2D eigenvalue weighted by atomic mass is 35.5. The van der Waals surface area contributed by atoms with Crippen molar-refractivity contribution >= 4 is 23.3 Å². The van der Waals surface area contributed by atoms with Crippen LogP contribution in [0.1, 0.15) is 28.8 Å². The van der Waals surface area contributed by atoms with Gasteiger partial charge < -0.3 is 9.84 Å². The van der Waals surface area contributed by atoms with E-state index in [1.165, 1.54) is 18.2 Å². The van der Waals surface area contributed by atoms with Gasteiger partial charge in [-0.05, 0) is 18.6 Å². The lowest BCUT2D eigenvalue weighted by Gasteiger charge is -2.19. The third kappa shape index (κ3) is 4.56. The van der Waals surface area contributed by atoms with Crippen LogP contribution in [0.25, 0.3) is 0 Å². The molecule has 1 aromatic rings. The number of aliphatic hydroxyl groups is 1. The monoisotopic (exact) mass is 381 g/mol. The van der Waals surface area contributed by atoms with Crippen molar-refractivity contribution in [3.8, 4) is 0 Å². The molecular formula is C18H17ClFNO5. The fourth-order valence-corrected chi connectivity index (χ4v) is 2.96. The van der Waals surface area contributed by atoms with Gasteiger partial charge in [0.1, 0.15) is 12.4 Å². The number of benzene rings is 1. The Hall–Kier alpha value is -2.51. The lowest BCUT2D eigenvalue weighted by atomic mass is 9.94. The number of esters is 1. The normalized spacial score (nSPS) is 15.3. The number of nitro groups is 1. The molecule has 6 nitrogen and oxygen atoms in total. The smallest absolute Gasteiger partial charge is 0.338 e.